The van der Waals surface area contributed by atoms with Gasteiger partial charge >= 0.3 is 0 Å². The van der Waals surface area contributed by atoms with Crippen molar-refractivity contribution in [3.05, 3.63) is 42.0 Å². The molecule has 1 saturated heterocycles. The summed E-state index contributed by atoms with van der Waals surface area (Å²) in [5.41, 5.74) is 0.930. The fraction of sp³-hybridized carbons (Fsp3) is 0.560. The number of rotatable bonds is 7. The molecule has 32 heavy (non-hydrogen) atoms. The zero-order valence-corrected chi connectivity index (χ0v) is 19.3. The number of carbonyl (C=O) groups excluding carboxylic acids is 3. The minimum atomic E-state index is -0.591. The van der Waals surface area contributed by atoms with Crippen LogP contribution in [0.5, 0.6) is 0 Å². The average molecular weight is 441 g/mol. The number of benzene rings is 1. The van der Waals surface area contributed by atoms with Gasteiger partial charge in [-0.1, -0.05) is 37.3 Å². The van der Waals surface area contributed by atoms with Gasteiger partial charge in [-0.25, -0.2) is 0 Å². The molecule has 0 radical (unpaired) electrons. The molecule has 2 aliphatic rings. The maximum atomic E-state index is 12.7. The van der Waals surface area contributed by atoms with Gasteiger partial charge in [0.2, 0.25) is 17.7 Å². The van der Waals surface area contributed by atoms with Gasteiger partial charge < -0.3 is 15.5 Å². The summed E-state index contributed by atoms with van der Waals surface area (Å²) in [7, 11) is 0. The SMILES string of the molecule is CC1CCC(NC(=O)CN2CCN(C(=O)C(C)NC(=O)/C=C/c3ccccc3)CC2)CC1. The lowest BCUT2D eigenvalue weighted by molar-refractivity contribution is -0.137. The zero-order valence-electron chi connectivity index (χ0n) is 19.3. The van der Waals surface area contributed by atoms with E-state index in [1.807, 2.05) is 30.3 Å². The van der Waals surface area contributed by atoms with Crippen molar-refractivity contribution in [2.75, 3.05) is 32.7 Å². The molecule has 2 fully saturated rings. The van der Waals surface area contributed by atoms with Crippen LogP contribution in [0.25, 0.3) is 6.08 Å². The molecule has 1 aromatic carbocycles. The molecule has 1 saturated carbocycles. The fourth-order valence-electron chi connectivity index (χ4n) is 4.34. The maximum absolute atomic E-state index is 12.7. The normalized spacial score (nSPS) is 23.0. The van der Waals surface area contributed by atoms with Crippen molar-refractivity contribution in [3.8, 4) is 0 Å². The maximum Gasteiger partial charge on any atom is 0.244 e. The van der Waals surface area contributed by atoms with Gasteiger partial charge in [-0.15, -0.1) is 0 Å². The molecule has 1 atom stereocenters. The van der Waals surface area contributed by atoms with E-state index in [2.05, 4.69) is 22.5 Å². The Bertz CT molecular complexity index is 795. The van der Waals surface area contributed by atoms with Crippen LogP contribution in [-0.2, 0) is 14.4 Å². The molecule has 3 amide bonds. The summed E-state index contributed by atoms with van der Waals surface area (Å²) in [5.74, 6) is 0.463. The van der Waals surface area contributed by atoms with Crippen LogP contribution in [-0.4, -0.2) is 72.3 Å². The molecular formula is C25H36N4O3. The lowest BCUT2D eigenvalue weighted by atomic mass is 9.87. The molecular weight excluding hydrogens is 404 g/mol. The van der Waals surface area contributed by atoms with Gasteiger partial charge in [-0.05, 0) is 50.2 Å². The van der Waals surface area contributed by atoms with Crippen molar-refractivity contribution >= 4 is 23.8 Å². The lowest BCUT2D eigenvalue weighted by Gasteiger charge is -2.36. The predicted molar refractivity (Wildman–Crippen MR) is 126 cm³/mol. The third kappa shape index (κ3) is 7.48. The summed E-state index contributed by atoms with van der Waals surface area (Å²) in [6.07, 6.45) is 7.68. The summed E-state index contributed by atoms with van der Waals surface area (Å²) >= 11 is 0. The quantitative estimate of drug-likeness (QED) is 0.636. The Hall–Kier alpha value is -2.67. The van der Waals surface area contributed by atoms with Gasteiger partial charge in [0.05, 0.1) is 6.54 Å². The summed E-state index contributed by atoms with van der Waals surface area (Å²) < 4.78 is 0. The molecule has 7 nitrogen and oxygen atoms in total. The number of carbonyl (C=O) groups is 3. The molecule has 1 unspecified atom stereocenters. The van der Waals surface area contributed by atoms with Crippen molar-refractivity contribution < 1.29 is 14.4 Å². The van der Waals surface area contributed by atoms with E-state index in [9.17, 15) is 14.4 Å². The van der Waals surface area contributed by atoms with E-state index in [-0.39, 0.29) is 17.7 Å². The highest BCUT2D eigenvalue weighted by Crippen LogP contribution is 2.23. The molecule has 7 heteroatoms. The third-order valence-electron chi connectivity index (χ3n) is 6.39. The number of nitrogens with zero attached hydrogens (tertiary/aromatic N) is 2. The van der Waals surface area contributed by atoms with E-state index in [0.29, 0.717) is 38.8 Å². The first-order chi connectivity index (χ1) is 15.4. The van der Waals surface area contributed by atoms with E-state index >= 15 is 0 Å². The molecule has 0 aromatic heterocycles. The molecule has 174 valence electrons. The number of hydrogen-bond donors (Lipinski definition) is 2. The molecule has 1 heterocycles. The number of piperazine rings is 1. The number of nitrogens with one attached hydrogen (secondary N) is 2. The average Bonchev–Trinajstić information content (AvgIpc) is 2.80. The van der Waals surface area contributed by atoms with E-state index in [1.165, 1.54) is 18.9 Å². The van der Waals surface area contributed by atoms with Gasteiger partial charge in [0.25, 0.3) is 0 Å². The molecule has 3 rings (SSSR count). The van der Waals surface area contributed by atoms with Gasteiger partial charge in [0.15, 0.2) is 0 Å². The smallest absolute Gasteiger partial charge is 0.244 e. The van der Waals surface area contributed by atoms with Crippen molar-refractivity contribution in [1.29, 1.82) is 0 Å². The van der Waals surface area contributed by atoms with Crippen LogP contribution in [0.15, 0.2) is 36.4 Å². The highest BCUT2D eigenvalue weighted by Gasteiger charge is 2.27. The Morgan fingerprint density at radius 3 is 2.34 bits per heavy atom. The Balaban J connectivity index is 1.36. The van der Waals surface area contributed by atoms with Crippen molar-refractivity contribution in [2.24, 2.45) is 5.92 Å². The highest BCUT2D eigenvalue weighted by molar-refractivity contribution is 5.95. The van der Waals surface area contributed by atoms with Crippen LogP contribution in [0.2, 0.25) is 0 Å². The summed E-state index contributed by atoms with van der Waals surface area (Å²) in [6, 6.07) is 9.27. The van der Waals surface area contributed by atoms with Crippen molar-refractivity contribution in [1.82, 2.24) is 20.4 Å². The van der Waals surface area contributed by atoms with E-state index < -0.39 is 6.04 Å². The zero-order chi connectivity index (χ0) is 22.9. The van der Waals surface area contributed by atoms with Crippen LogP contribution in [0, 0.1) is 5.92 Å². The first-order valence-electron chi connectivity index (χ1n) is 11.7. The minimum absolute atomic E-state index is 0.0789. The van der Waals surface area contributed by atoms with Gasteiger partial charge in [0, 0.05) is 38.3 Å². The number of hydrogen-bond acceptors (Lipinski definition) is 4. The second-order valence-corrected chi connectivity index (χ2v) is 9.10. The van der Waals surface area contributed by atoms with Gasteiger partial charge in [-0.3, -0.25) is 19.3 Å². The molecule has 0 bridgehead atoms. The molecule has 0 spiro atoms. The van der Waals surface area contributed by atoms with E-state index in [1.54, 1.807) is 17.9 Å². The minimum Gasteiger partial charge on any atom is -0.352 e. The summed E-state index contributed by atoms with van der Waals surface area (Å²) in [6.45, 7) is 6.81. The third-order valence-corrected chi connectivity index (χ3v) is 6.39. The van der Waals surface area contributed by atoms with E-state index in [0.717, 1.165) is 24.3 Å². The first kappa shape index (κ1) is 24.0. The Kier molecular flexibility index (Phi) is 8.85. The van der Waals surface area contributed by atoms with Crippen LogP contribution in [0.4, 0.5) is 0 Å². The van der Waals surface area contributed by atoms with Crippen LogP contribution >= 0.6 is 0 Å². The number of amides is 3. The van der Waals surface area contributed by atoms with E-state index in [4.69, 9.17) is 0 Å². The Labute approximate surface area is 191 Å². The molecule has 1 aliphatic heterocycles. The standard InChI is InChI=1S/C25H36N4O3/c1-19-8-11-22(12-9-19)27-24(31)18-28-14-16-29(17-15-28)25(32)20(2)26-23(30)13-10-21-6-4-3-5-7-21/h3-7,10,13,19-20,22H,8-9,11-12,14-18H2,1-2H3,(H,26,30)(H,27,31)/b13-10+. The highest BCUT2D eigenvalue weighted by atomic mass is 16.2. The van der Waals surface area contributed by atoms with Crippen molar-refractivity contribution in [3.63, 3.8) is 0 Å². The fourth-order valence-corrected chi connectivity index (χ4v) is 4.34. The lowest BCUT2D eigenvalue weighted by Crippen LogP contribution is -2.55. The van der Waals surface area contributed by atoms with Crippen LogP contribution in [0.3, 0.4) is 0 Å². The Morgan fingerprint density at radius 2 is 1.69 bits per heavy atom. The summed E-state index contributed by atoms with van der Waals surface area (Å²) in [4.78, 5) is 41.1. The topological polar surface area (TPSA) is 81.8 Å². The Morgan fingerprint density at radius 1 is 1.03 bits per heavy atom. The largest absolute Gasteiger partial charge is 0.352 e. The van der Waals surface area contributed by atoms with Crippen LogP contribution in [0.1, 0.15) is 45.1 Å². The summed E-state index contributed by atoms with van der Waals surface area (Å²) in [5, 5.41) is 5.91. The van der Waals surface area contributed by atoms with Crippen LogP contribution < -0.4 is 10.6 Å². The first-order valence-corrected chi connectivity index (χ1v) is 11.7. The molecule has 1 aromatic rings. The van der Waals surface area contributed by atoms with Gasteiger partial charge in [0.1, 0.15) is 6.04 Å². The van der Waals surface area contributed by atoms with Gasteiger partial charge in [-0.2, -0.15) is 0 Å². The molecule has 2 N–H and O–H groups in total. The second-order valence-electron chi connectivity index (χ2n) is 9.10. The predicted octanol–water partition coefficient (Wildman–Crippen LogP) is 2.04. The van der Waals surface area contributed by atoms with Crippen molar-refractivity contribution in [2.45, 2.75) is 51.6 Å². The monoisotopic (exact) mass is 440 g/mol. The molecule has 1 aliphatic carbocycles. The second kappa shape index (κ2) is 11.8.